The summed E-state index contributed by atoms with van der Waals surface area (Å²) in [5.74, 6) is 0.0706. The van der Waals surface area contributed by atoms with Gasteiger partial charge in [0.2, 0.25) is 5.88 Å². The zero-order valence-electron chi connectivity index (χ0n) is 14.1. The van der Waals surface area contributed by atoms with Gasteiger partial charge in [-0.3, -0.25) is 9.78 Å². The normalized spacial score (nSPS) is 20.0. The predicted molar refractivity (Wildman–Crippen MR) is 90.3 cm³/mol. The minimum absolute atomic E-state index is 0.144. The van der Waals surface area contributed by atoms with Gasteiger partial charge in [-0.2, -0.15) is 0 Å². The third-order valence-corrected chi connectivity index (χ3v) is 4.00. The molecule has 2 aromatic heterocycles. The maximum atomic E-state index is 12.6. The molecular formula is C18H21N3O4. The summed E-state index contributed by atoms with van der Waals surface area (Å²) >= 11 is 0. The fraction of sp³-hybridized carbons (Fsp3) is 0.389. The molecule has 1 aliphatic rings. The number of methoxy groups -OCH3 is 1. The van der Waals surface area contributed by atoms with Gasteiger partial charge in [-0.15, -0.1) is 0 Å². The minimum atomic E-state index is -0.234. The van der Waals surface area contributed by atoms with Crippen LogP contribution in [0.2, 0.25) is 0 Å². The van der Waals surface area contributed by atoms with E-state index in [2.05, 4.69) is 15.3 Å². The smallest absolute Gasteiger partial charge is 0.257 e. The van der Waals surface area contributed by atoms with E-state index in [-0.39, 0.29) is 18.1 Å². The number of nitrogens with one attached hydrogen (secondary N) is 1. The lowest BCUT2D eigenvalue weighted by Gasteiger charge is -2.32. The molecule has 25 heavy (non-hydrogen) atoms. The Morgan fingerprint density at radius 3 is 2.96 bits per heavy atom. The molecule has 0 radical (unpaired) electrons. The van der Waals surface area contributed by atoms with Crippen LogP contribution in [0.15, 0.2) is 42.7 Å². The van der Waals surface area contributed by atoms with Crippen LogP contribution in [0.3, 0.4) is 0 Å². The predicted octanol–water partition coefficient (Wildman–Crippen LogP) is 1.59. The Bertz CT molecular complexity index is 696. The summed E-state index contributed by atoms with van der Waals surface area (Å²) in [5.41, 5.74) is 1.24. The molecule has 7 heteroatoms. The van der Waals surface area contributed by atoms with Crippen LogP contribution in [-0.4, -0.2) is 48.3 Å². The van der Waals surface area contributed by atoms with E-state index in [4.69, 9.17) is 14.2 Å². The number of amides is 1. The highest BCUT2D eigenvalue weighted by Crippen LogP contribution is 2.17. The highest BCUT2D eigenvalue weighted by Gasteiger charge is 2.29. The van der Waals surface area contributed by atoms with Crippen LogP contribution in [0.4, 0.5) is 0 Å². The van der Waals surface area contributed by atoms with Crippen LogP contribution in [0, 0.1) is 0 Å². The van der Waals surface area contributed by atoms with Gasteiger partial charge in [0.25, 0.3) is 5.91 Å². The molecule has 1 aliphatic heterocycles. The first-order chi connectivity index (χ1) is 12.3. The largest absolute Gasteiger partial charge is 0.480 e. The second kappa shape index (κ2) is 8.55. The first-order valence-corrected chi connectivity index (χ1v) is 8.17. The van der Waals surface area contributed by atoms with Crippen LogP contribution in [0.5, 0.6) is 5.88 Å². The Labute approximate surface area is 146 Å². The van der Waals surface area contributed by atoms with Crippen molar-refractivity contribution in [1.29, 1.82) is 0 Å². The van der Waals surface area contributed by atoms with Gasteiger partial charge >= 0.3 is 0 Å². The highest BCUT2D eigenvalue weighted by atomic mass is 16.5. The topological polar surface area (TPSA) is 82.6 Å². The number of hydrogen-bond acceptors (Lipinski definition) is 6. The second-order valence-corrected chi connectivity index (χ2v) is 5.67. The Kier molecular flexibility index (Phi) is 5.92. The molecule has 2 atom stereocenters. The fourth-order valence-electron chi connectivity index (χ4n) is 2.69. The molecule has 1 saturated heterocycles. The zero-order valence-corrected chi connectivity index (χ0v) is 14.1. The van der Waals surface area contributed by atoms with Gasteiger partial charge < -0.3 is 19.5 Å². The number of nitrogens with zero attached hydrogens (tertiary/aromatic N) is 2. The van der Waals surface area contributed by atoms with Crippen molar-refractivity contribution in [2.75, 3.05) is 20.3 Å². The standard InChI is InChI=1S/C18H21N3O4/c1-23-18-14(6-4-9-20-18)17(22)21-15-7-10-24-12-16(15)25-11-13-5-2-3-8-19-13/h2-6,8-9,15-16H,7,10-12H2,1H3,(H,21,22)/t15-,16-/m1/s1. The molecular weight excluding hydrogens is 322 g/mol. The SMILES string of the molecule is COc1ncccc1C(=O)N[C@@H]1CCOC[C@H]1OCc1ccccn1. The summed E-state index contributed by atoms with van der Waals surface area (Å²) in [5, 5.41) is 3.01. The van der Waals surface area contributed by atoms with Crippen molar-refractivity contribution in [3.8, 4) is 5.88 Å². The first-order valence-electron chi connectivity index (χ1n) is 8.17. The molecule has 0 bridgehead atoms. The molecule has 1 amide bonds. The maximum Gasteiger partial charge on any atom is 0.257 e. The summed E-state index contributed by atoms with van der Waals surface area (Å²) in [6.07, 6.45) is 3.76. The molecule has 1 fully saturated rings. The molecule has 0 unspecified atom stereocenters. The van der Waals surface area contributed by atoms with E-state index in [1.165, 1.54) is 7.11 Å². The van der Waals surface area contributed by atoms with Crippen LogP contribution < -0.4 is 10.1 Å². The minimum Gasteiger partial charge on any atom is -0.480 e. The van der Waals surface area contributed by atoms with E-state index in [1.807, 2.05) is 18.2 Å². The van der Waals surface area contributed by atoms with Gasteiger partial charge in [0, 0.05) is 19.0 Å². The molecule has 3 heterocycles. The number of carbonyl (C=O) groups excluding carboxylic acids is 1. The average Bonchev–Trinajstić information content (AvgIpc) is 2.68. The highest BCUT2D eigenvalue weighted by molar-refractivity contribution is 5.96. The van der Waals surface area contributed by atoms with Crippen LogP contribution >= 0.6 is 0 Å². The number of aromatic nitrogens is 2. The van der Waals surface area contributed by atoms with Gasteiger partial charge in [0.05, 0.1) is 32.1 Å². The molecule has 7 nitrogen and oxygen atoms in total. The number of carbonyl (C=O) groups is 1. The molecule has 0 spiro atoms. The summed E-state index contributed by atoms with van der Waals surface area (Å²) in [6.45, 7) is 1.39. The van der Waals surface area contributed by atoms with Crippen molar-refractivity contribution in [3.05, 3.63) is 54.0 Å². The lowest BCUT2D eigenvalue weighted by molar-refractivity contribution is -0.0743. The number of ether oxygens (including phenoxy) is 3. The van der Waals surface area contributed by atoms with E-state index < -0.39 is 0 Å². The Morgan fingerprint density at radius 1 is 1.28 bits per heavy atom. The number of hydrogen-bond donors (Lipinski definition) is 1. The zero-order chi connectivity index (χ0) is 17.5. The summed E-state index contributed by atoms with van der Waals surface area (Å²) in [7, 11) is 1.49. The molecule has 0 aromatic carbocycles. The van der Waals surface area contributed by atoms with Crippen molar-refractivity contribution in [2.45, 2.75) is 25.2 Å². The first kappa shape index (κ1) is 17.3. The third-order valence-electron chi connectivity index (χ3n) is 4.00. The van der Waals surface area contributed by atoms with E-state index in [0.717, 1.165) is 5.69 Å². The van der Waals surface area contributed by atoms with Crippen molar-refractivity contribution >= 4 is 5.91 Å². The third kappa shape index (κ3) is 4.52. The van der Waals surface area contributed by atoms with Crippen molar-refractivity contribution in [3.63, 3.8) is 0 Å². The fourth-order valence-corrected chi connectivity index (χ4v) is 2.69. The van der Waals surface area contributed by atoms with Crippen LogP contribution in [-0.2, 0) is 16.1 Å². The summed E-state index contributed by atoms with van der Waals surface area (Å²) < 4.78 is 16.6. The van der Waals surface area contributed by atoms with E-state index in [1.54, 1.807) is 24.5 Å². The monoisotopic (exact) mass is 343 g/mol. The van der Waals surface area contributed by atoms with Gasteiger partial charge in [-0.25, -0.2) is 4.98 Å². The van der Waals surface area contributed by atoms with Gasteiger partial charge in [-0.1, -0.05) is 6.07 Å². The van der Waals surface area contributed by atoms with Crippen molar-refractivity contribution in [1.82, 2.24) is 15.3 Å². The molecule has 132 valence electrons. The number of pyridine rings is 2. The molecule has 1 N–H and O–H groups in total. The Hall–Kier alpha value is -2.51. The van der Waals surface area contributed by atoms with Crippen LogP contribution in [0.25, 0.3) is 0 Å². The quantitative estimate of drug-likeness (QED) is 0.858. The van der Waals surface area contributed by atoms with Gasteiger partial charge in [-0.05, 0) is 30.7 Å². The number of rotatable bonds is 6. The molecule has 2 aromatic rings. The Balaban J connectivity index is 1.63. The van der Waals surface area contributed by atoms with Gasteiger partial charge in [0.1, 0.15) is 11.7 Å². The Morgan fingerprint density at radius 2 is 2.16 bits per heavy atom. The molecule has 0 aliphatic carbocycles. The second-order valence-electron chi connectivity index (χ2n) is 5.67. The van der Waals surface area contributed by atoms with Crippen molar-refractivity contribution < 1.29 is 19.0 Å². The average molecular weight is 343 g/mol. The molecule has 3 rings (SSSR count). The maximum absolute atomic E-state index is 12.6. The molecule has 0 saturated carbocycles. The van der Waals surface area contributed by atoms with E-state index >= 15 is 0 Å². The van der Waals surface area contributed by atoms with Crippen molar-refractivity contribution in [2.24, 2.45) is 0 Å². The van der Waals surface area contributed by atoms with Gasteiger partial charge in [0.15, 0.2) is 0 Å². The summed E-state index contributed by atoms with van der Waals surface area (Å²) in [6, 6.07) is 8.92. The summed E-state index contributed by atoms with van der Waals surface area (Å²) in [4.78, 5) is 20.9. The van der Waals surface area contributed by atoms with Crippen LogP contribution in [0.1, 0.15) is 22.5 Å². The van der Waals surface area contributed by atoms with E-state index in [9.17, 15) is 4.79 Å². The lowest BCUT2D eigenvalue weighted by atomic mass is 10.1. The lowest BCUT2D eigenvalue weighted by Crippen LogP contribution is -2.50. The van der Waals surface area contributed by atoms with E-state index in [0.29, 0.717) is 37.7 Å².